The van der Waals surface area contributed by atoms with Gasteiger partial charge in [-0.3, -0.25) is 4.79 Å². The molecule has 0 aromatic heterocycles. The number of methoxy groups -OCH3 is 1. The van der Waals surface area contributed by atoms with Gasteiger partial charge in [-0.1, -0.05) is 12.1 Å². The number of rotatable bonds is 3. The van der Waals surface area contributed by atoms with E-state index in [9.17, 15) is 4.79 Å². The Bertz CT molecular complexity index is 432. The molecule has 1 aliphatic heterocycles. The van der Waals surface area contributed by atoms with Crippen molar-refractivity contribution in [1.82, 2.24) is 0 Å². The molecule has 0 fully saturated rings. The zero-order chi connectivity index (χ0) is 12.4. The van der Waals surface area contributed by atoms with Crippen LogP contribution in [0.5, 0.6) is 5.75 Å². The molecule has 1 aliphatic rings. The van der Waals surface area contributed by atoms with Gasteiger partial charge in [0.2, 0.25) is 0 Å². The highest BCUT2D eigenvalue weighted by Gasteiger charge is 2.28. The van der Waals surface area contributed by atoms with Crippen LogP contribution in [0.2, 0.25) is 0 Å². The molecular formula is C11H13BO5. The topological polar surface area (TPSA) is 76.0 Å². The Labute approximate surface area is 99.1 Å². The number of carbonyl (C=O) groups excluding carboxylic acids is 1. The van der Waals surface area contributed by atoms with Gasteiger partial charge in [0, 0.05) is 11.5 Å². The van der Waals surface area contributed by atoms with Crippen LogP contribution in [0.25, 0.3) is 0 Å². The van der Waals surface area contributed by atoms with Gasteiger partial charge >= 0.3 is 13.1 Å². The molecule has 17 heavy (non-hydrogen) atoms. The van der Waals surface area contributed by atoms with Crippen LogP contribution >= 0.6 is 0 Å². The van der Waals surface area contributed by atoms with E-state index in [0.29, 0.717) is 17.8 Å². The van der Waals surface area contributed by atoms with Gasteiger partial charge in [-0.25, -0.2) is 0 Å². The maximum atomic E-state index is 11.2. The lowest BCUT2D eigenvalue weighted by atomic mass is 9.79. The minimum atomic E-state index is -1.51. The summed E-state index contributed by atoms with van der Waals surface area (Å²) in [6.45, 7) is 0.412. The first-order valence-corrected chi connectivity index (χ1v) is 5.31. The fourth-order valence-corrected chi connectivity index (χ4v) is 1.91. The number of ether oxygens (including phenoxy) is 2. The van der Waals surface area contributed by atoms with E-state index in [1.165, 1.54) is 7.11 Å². The van der Waals surface area contributed by atoms with Crippen LogP contribution in [-0.2, 0) is 9.53 Å². The van der Waals surface area contributed by atoms with Gasteiger partial charge in [-0.05, 0) is 11.5 Å². The summed E-state index contributed by atoms with van der Waals surface area (Å²) in [4.78, 5) is 11.2. The van der Waals surface area contributed by atoms with Crippen molar-refractivity contribution >= 4 is 18.6 Å². The van der Waals surface area contributed by atoms with Crippen LogP contribution in [0.15, 0.2) is 18.2 Å². The average molecular weight is 236 g/mol. The highest BCUT2D eigenvalue weighted by Crippen LogP contribution is 2.35. The Balaban J connectivity index is 2.19. The first-order chi connectivity index (χ1) is 8.11. The summed E-state index contributed by atoms with van der Waals surface area (Å²) >= 11 is 0. The van der Waals surface area contributed by atoms with E-state index in [1.807, 2.05) is 0 Å². The molecule has 1 aromatic carbocycles. The lowest BCUT2D eigenvalue weighted by Gasteiger charge is -2.07. The number of hydrogen-bond donors (Lipinski definition) is 2. The standard InChI is InChI=1S/C11H13BO5/c1-16-11(13)4-7-6-17-10-5-8(12(14)15)2-3-9(7)10/h2-3,5,7,14-15H,4,6H2,1H3/t7-/m1/s1. The summed E-state index contributed by atoms with van der Waals surface area (Å²) < 4.78 is 10.0. The summed E-state index contributed by atoms with van der Waals surface area (Å²) in [6.07, 6.45) is 0.268. The molecule has 1 atom stereocenters. The lowest BCUT2D eigenvalue weighted by molar-refractivity contribution is -0.141. The second-order valence-corrected chi connectivity index (χ2v) is 3.96. The van der Waals surface area contributed by atoms with Crippen molar-refractivity contribution in [1.29, 1.82) is 0 Å². The molecule has 0 saturated carbocycles. The van der Waals surface area contributed by atoms with Gasteiger partial charge in [-0.15, -0.1) is 0 Å². The van der Waals surface area contributed by atoms with Crippen molar-refractivity contribution < 1.29 is 24.3 Å². The fourth-order valence-electron chi connectivity index (χ4n) is 1.91. The monoisotopic (exact) mass is 236 g/mol. The Hall–Kier alpha value is -1.53. The largest absolute Gasteiger partial charge is 0.493 e. The van der Waals surface area contributed by atoms with E-state index in [-0.39, 0.29) is 18.3 Å². The minimum Gasteiger partial charge on any atom is -0.493 e. The SMILES string of the molecule is COC(=O)C[C@@H]1COc2cc(B(O)O)ccc21. The van der Waals surface area contributed by atoms with Crippen LogP contribution in [-0.4, -0.2) is 36.9 Å². The van der Waals surface area contributed by atoms with Gasteiger partial charge < -0.3 is 19.5 Å². The fraction of sp³-hybridized carbons (Fsp3) is 0.364. The zero-order valence-electron chi connectivity index (χ0n) is 9.42. The van der Waals surface area contributed by atoms with Crippen molar-refractivity contribution in [3.05, 3.63) is 23.8 Å². The smallest absolute Gasteiger partial charge is 0.488 e. The molecule has 1 heterocycles. The summed E-state index contributed by atoms with van der Waals surface area (Å²) in [7, 11) is -0.159. The third-order valence-corrected chi connectivity index (χ3v) is 2.86. The predicted octanol–water partition coefficient (Wildman–Crippen LogP) is -0.595. The molecule has 6 heteroatoms. The van der Waals surface area contributed by atoms with E-state index >= 15 is 0 Å². The van der Waals surface area contributed by atoms with Gasteiger partial charge in [0.05, 0.1) is 20.1 Å². The summed E-state index contributed by atoms with van der Waals surface area (Å²) in [5.41, 5.74) is 1.28. The van der Waals surface area contributed by atoms with E-state index in [0.717, 1.165) is 5.56 Å². The van der Waals surface area contributed by atoms with Gasteiger partial charge in [-0.2, -0.15) is 0 Å². The molecule has 0 radical (unpaired) electrons. The first-order valence-electron chi connectivity index (χ1n) is 5.31. The Kier molecular flexibility index (Phi) is 3.35. The van der Waals surface area contributed by atoms with Crippen LogP contribution in [0, 0.1) is 0 Å². The predicted molar refractivity (Wildman–Crippen MR) is 61.1 cm³/mol. The van der Waals surface area contributed by atoms with Crippen LogP contribution in [0.1, 0.15) is 17.9 Å². The molecule has 0 spiro atoms. The third-order valence-electron chi connectivity index (χ3n) is 2.86. The highest BCUT2D eigenvalue weighted by atomic mass is 16.5. The molecule has 0 amide bonds. The van der Waals surface area contributed by atoms with Gasteiger partial charge in [0.25, 0.3) is 0 Å². The molecule has 2 N–H and O–H groups in total. The normalized spacial score (nSPS) is 17.2. The Morgan fingerprint density at radius 2 is 2.35 bits per heavy atom. The maximum Gasteiger partial charge on any atom is 0.488 e. The van der Waals surface area contributed by atoms with Crippen molar-refractivity contribution in [3.63, 3.8) is 0 Å². The maximum absolute atomic E-state index is 11.2. The number of benzene rings is 1. The zero-order valence-corrected chi connectivity index (χ0v) is 9.42. The molecule has 0 saturated heterocycles. The summed E-state index contributed by atoms with van der Waals surface area (Å²) in [5, 5.41) is 18.1. The lowest BCUT2D eigenvalue weighted by Crippen LogP contribution is -2.29. The Morgan fingerprint density at radius 1 is 1.59 bits per heavy atom. The molecule has 1 aromatic rings. The second-order valence-electron chi connectivity index (χ2n) is 3.96. The number of fused-ring (bicyclic) bond motifs is 1. The molecule has 0 bridgehead atoms. The van der Waals surface area contributed by atoms with E-state index in [4.69, 9.17) is 14.8 Å². The minimum absolute atomic E-state index is 0.0256. The summed E-state index contributed by atoms with van der Waals surface area (Å²) in [6, 6.07) is 4.95. The number of carbonyl (C=O) groups is 1. The molecule has 2 rings (SSSR count). The third kappa shape index (κ3) is 2.43. The molecule has 90 valence electrons. The van der Waals surface area contributed by atoms with Crippen molar-refractivity contribution in [2.45, 2.75) is 12.3 Å². The van der Waals surface area contributed by atoms with Crippen molar-refractivity contribution in [2.24, 2.45) is 0 Å². The molecule has 0 unspecified atom stereocenters. The molecular weight excluding hydrogens is 223 g/mol. The van der Waals surface area contributed by atoms with E-state index in [2.05, 4.69) is 4.74 Å². The molecule has 0 aliphatic carbocycles. The van der Waals surface area contributed by atoms with E-state index in [1.54, 1.807) is 18.2 Å². The van der Waals surface area contributed by atoms with Crippen LogP contribution in [0.4, 0.5) is 0 Å². The first kappa shape index (κ1) is 11.9. The van der Waals surface area contributed by atoms with Crippen molar-refractivity contribution in [3.8, 4) is 5.75 Å². The Morgan fingerprint density at radius 3 is 3.00 bits per heavy atom. The molecule has 5 nitrogen and oxygen atoms in total. The second kappa shape index (κ2) is 4.77. The quantitative estimate of drug-likeness (QED) is 0.541. The number of esters is 1. The highest BCUT2D eigenvalue weighted by molar-refractivity contribution is 6.58. The summed E-state index contributed by atoms with van der Waals surface area (Å²) in [5.74, 6) is 0.296. The van der Waals surface area contributed by atoms with E-state index < -0.39 is 7.12 Å². The van der Waals surface area contributed by atoms with Crippen LogP contribution in [0.3, 0.4) is 0 Å². The average Bonchev–Trinajstić information content (AvgIpc) is 2.71. The van der Waals surface area contributed by atoms with Gasteiger partial charge in [0.15, 0.2) is 0 Å². The van der Waals surface area contributed by atoms with Crippen molar-refractivity contribution in [2.75, 3.05) is 13.7 Å². The van der Waals surface area contributed by atoms with Gasteiger partial charge in [0.1, 0.15) is 5.75 Å². The van der Waals surface area contributed by atoms with Crippen LogP contribution < -0.4 is 10.2 Å². The number of hydrogen-bond acceptors (Lipinski definition) is 5.